The van der Waals surface area contributed by atoms with Crippen LogP contribution in [0.3, 0.4) is 0 Å². The number of carbonyl (C=O) groups is 1. The average molecular weight is 253 g/mol. The summed E-state index contributed by atoms with van der Waals surface area (Å²) in [6.45, 7) is 0. The predicted octanol–water partition coefficient (Wildman–Crippen LogP) is 0.0767. The van der Waals surface area contributed by atoms with Crippen molar-refractivity contribution in [1.29, 1.82) is 0 Å². The summed E-state index contributed by atoms with van der Waals surface area (Å²) in [5, 5.41) is 8.68. The van der Waals surface area contributed by atoms with Gasteiger partial charge in [-0.15, -0.1) is 0 Å². The van der Waals surface area contributed by atoms with Gasteiger partial charge in [0.05, 0.1) is 12.0 Å². The number of nitrogens with one attached hydrogen (secondary N) is 1. The maximum Gasteiger partial charge on any atom is 0.308 e. The van der Waals surface area contributed by atoms with E-state index in [1.54, 1.807) is 7.11 Å². The monoisotopic (exact) mass is 253 g/mol. The van der Waals surface area contributed by atoms with Crippen LogP contribution in [0.5, 0.6) is 0 Å². The quantitative estimate of drug-likeness (QED) is 0.683. The summed E-state index contributed by atoms with van der Waals surface area (Å²) in [7, 11) is 1.55. The molecule has 0 aliphatic heterocycles. The van der Waals surface area contributed by atoms with Gasteiger partial charge < -0.3 is 20.6 Å². The van der Waals surface area contributed by atoms with Gasteiger partial charge in [-0.25, -0.2) is 4.98 Å². The molecule has 0 radical (unpaired) electrons. The van der Waals surface area contributed by atoms with Crippen LogP contribution in [-0.4, -0.2) is 28.2 Å². The van der Waals surface area contributed by atoms with Crippen LogP contribution in [0.1, 0.15) is 30.3 Å². The number of anilines is 1. The Kier molecular flexibility index (Phi) is 3.33. The number of carboxylic acid groups (broad SMARTS) is 1. The largest absolute Gasteiger partial charge is 0.481 e. The third-order valence-corrected chi connectivity index (χ3v) is 2.97. The topological polar surface area (TPSA) is 118 Å². The molecule has 1 heterocycles. The van der Waals surface area contributed by atoms with E-state index < -0.39 is 17.9 Å². The second kappa shape index (κ2) is 4.77. The second-order valence-corrected chi connectivity index (χ2v) is 4.38. The molecule has 18 heavy (non-hydrogen) atoms. The van der Waals surface area contributed by atoms with Crippen LogP contribution in [0.15, 0.2) is 4.79 Å². The molecule has 7 nitrogen and oxygen atoms in total. The van der Waals surface area contributed by atoms with Crippen LogP contribution >= 0.6 is 0 Å². The molecule has 7 heteroatoms. The second-order valence-electron chi connectivity index (χ2n) is 4.38. The van der Waals surface area contributed by atoms with Crippen LogP contribution < -0.4 is 11.3 Å². The van der Waals surface area contributed by atoms with E-state index in [9.17, 15) is 9.59 Å². The van der Waals surface area contributed by atoms with E-state index in [0.717, 1.165) is 12.8 Å². The number of H-pyrrole nitrogens is 1. The Morgan fingerprint density at radius 2 is 2.33 bits per heavy atom. The predicted molar refractivity (Wildman–Crippen MR) is 63.1 cm³/mol. The fourth-order valence-electron chi connectivity index (χ4n) is 1.92. The molecule has 4 N–H and O–H groups in total. The average Bonchev–Trinajstić information content (AvgIpc) is 3.08. The number of aromatic nitrogens is 2. The van der Waals surface area contributed by atoms with Crippen molar-refractivity contribution in [2.45, 2.75) is 25.4 Å². The van der Waals surface area contributed by atoms with Crippen LogP contribution in [0.2, 0.25) is 0 Å². The van der Waals surface area contributed by atoms with E-state index in [0.29, 0.717) is 11.7 Å². The lowest BCUT2D eigenvalue weighted by Gasteiger charge is -2.14. The van der Waals surface area contributed by atoms with E-state index >= 15 is 0 Å². The third-order valence-electron chi connectivity index (χ3n) is 2.97. The summed E-state index contributed by atoms with van der Waals surface area (Å²) >= 11 is 0. The first kappa shape index (κ1) is 12.6. The molecular weight excluding hydrogens is 238 g/mol. The number of methoxy groups -OCH3 is 1. The van der Waals surface area contributed by atoms with Crippen molar-refractivity contribution in [2.75, 3.05) is 12.8 Å². The molecule has 1 saturated carbocycles. The Labute approximate surface area is 103 Å². The minimum Gasteiger partial charge on any atom is -0.481 e. The number of aliphatic carboxylic acids is 1. The van der Waals surface area contributed by atoms with Gasteiger partial charge in [0, 0.05) is 7.11 Å². The Morgan fingerprint density at radius 3 is 2.78 bits per heavy atom. The molecule has 1 unspecified atom stereocenters. The first-order chi connectivity index (χ1) is 8.52. The lowest BCUT2D eigenvalue weighted by atomic mass is 10.2. The summed E-state index contributed by atoms with van der Waals surface area (Å²) in [5.41, 5.74) is 5.11. The smallest absolute Gasteiger partial charge is 0.308 e. The highest BCUT2D eigenvalue weighted by Crippen LogP contribution is 2.41. The van der Waals surface area contributed by atoms with Crippen molar-refractivity contribution in [3.8, 4) is 0 Å². The zero-order valence-electron chi connectivity index (χ0n) is 9.97. The van der Waals surface area contributed by atoms with E-state index in [-0.39, 0.29) is 17.5 Å². The van der Waals surface area contributed by atoms with Crippen LogP contribution in [0.25, 0.3) is 0 Å². The summed E-state index contributed by atoms with van der Waals surface area (Å²) in [6.07, 6.45) is 1.34. The van der Waals surface area contributed by atoms with E-state index in [2.05, 4.69) is 9.97 Å². The van der Waals surface area contributed by atoms with Gasteiger partial charge in [0.25, 0.3) is 5.56 Å². The molecule has 0 aromatic carbocycles. The molecule has 1 aromatic rings. The zero-order valence-corrected chi connectivity index (χ0v) is 9.97. The molecule has 0 spiro atoms. The lowest BCUT2D eigenvalue weighted by molar-refractivity contribution is -0.136. The Bertz CT molecular complexity index is 522. The number of aromatic amines is 1. The van der Waals surface area contributed by atoms with Crippen molar-refractivity contribution in [1.82, 2.24) is 9.97 Å². The van der Waals surface area contributed by atoms with Gasteiger partial charge in [-0.3, -0.25) is 9.59 Å². The van der Waals surface area contributed by atoms with Crippen molar-refractivity contribution in [3.63, 3.8) is 0 Å². The molecule has 1 aromatic heterocycles. The summed E-state index contributed by atoms with van der Waals surface area (Å²) in [5.74, 6) is -0.439. The lowest BCUT2D eigenvalue weighted by Crippen LogP contribution is -2.24. The Morgan fingerprint density at radius 1 is 1.67 bits per heavy atom. The Balaban J connectivity index is 2.35. The highest BCUT2D eigenvalue weighted by Gasteiger charge is 2.34. The fraction of sp³-hybridized carbons (Fsp3) is 0.545. The van der Waals surface area contributed by atoms with Gasteiger partial charge in [-0.05, 0) is 18.8 Å². The van der Waals surface area contributed by atoms with Crippen molar-refractivity contribution >= 4 is 11.8 Å². The van der Waals surface area contributed by atoms with Gasteiger partial charge in [0.2, 0.25) is 0 Å². The van der Waals surface area contributed by atoms with Gasteiger partial charge in [0.1, 0.15) is 17.7 Å². The number of nitrogen functional groups attached to an aromatic ring is 1. The first-order valence-electron chi connectivity index (χ1n) is 5.66. The van der Waals surface area contributed by atoms with Crippen molar-refractivity contribution in [2.24, 2.45) is 5.92 Å². The number of nitrogens with zero attached hydrogens (tertiary/aromatic N) is 1. The molecular formula is C11H15N3O4. The minimum absolute atomic E-state index is 0.0168. The highest BCUT2D eigenvalue weighted by molar-refractivity contribution is 5.71. The maximum absolute atomic E-state index is 11.8. The normalized spacial score (nSPS) is 16.5. The fourth-order valence-corrected chi connectivity index (χ4v) is 1.92. The third kappa shape index (κ3) is 2.51. The number of carboxylic acids is 1. The van der Waals surface area contributed by atoms with Crippen molar-refractivity contribution < 1.29 is 14.6 Å². The molecule has 1 fully saturated rings. The summed E-state index contributed by atoms with van der Waals surface area (Å²) in [4.78, 5) is 29.0. The summed E-state index contributed by atoms with van der Waals surface area (Å²) in [6, 6.07) is 0. The van der Waals surface area contributed by atoms with Crippen LogP contribution in [0, 0.1) is 5.92 Å². The first-order valence-corrected chi connectivity index (χ1v) is 5.66. The van der Waals surface area contributed by atoms with E-state index in [4.69, 9.17) is 15.6 Å². The van der Waals surface area contributed by atoms with Crippen LogP contribution in [0.4, 0.5) is 5.82 Å². The molecule has 0 amide bonds. The minimum atomic E-state index is -1.12. The Hall–Kier alpha value is -1.89. The molecule has 1 atom stereocenters. The molecule has 98 valence electrons. The standard InChI is InChI=1S/C11H15N3O4/c1-18-8(5-2-3-5)10-13-9(12)6(4-7(15)16)11(17)14-10/h5,8H,2-4H2,1H3,(H,15,16)(H3,12,13,14,17). The molecule has 0 saturated heterocycles. The maximum atomic E-state index is 11.8. The van der Waals surface area contributed by atoms with Gasteiger partial charge in [0.15, 0.2) is 0 Å². The number of nitrogens with two attached hydrogens (primary N) is 1. The van der Waals surface area contributed by atoms with E-state index in [1.165, 1.54) is 0 Å². The number of hydrogen-bond acceptors (Lipinski definition) is 5. The van der Waals surface area contributed by atoms with Gasteiger partial charge in [-0.1, -0.05) is 0 Å². The van der Waals surface area contributed by atoms with Crippen molar-refractivity contribution in [3.05, 3.63) is 21.7 Å². The molecule has 2 rings (SSSR count). The molecule has 0 bridgehead atoms. The van der Waals surface area contributed by atoms with Gasteiger partial charge in [-0.2, -0.15) is 0 Å². The molecule has 1 aliphatic rings. The number of ether oxygens (including phenoxy) is 1. The summed E-state index contributed by atoms with van der Waals surface area (Å²) < 4.78 is 5.29. The van der Waals surface area contributed by atoms with Crippen LogP contribution in [-0.2, 0) is 16.0 Å². The highest BCUT2D eigenvalue weighted by atomic mass is 16.5. The van der Waals surface area contributed by atoms with E-state index in [1.807, 2.05) is 0 Å². The number of rotatable bonds is 5. The number of hydrogen-bond donors (Lipinski definition) is 3. The zero-order chi connectivity index (χ0) is 13.3. The SMILES string of the molecule is COC(c1nc(N)c(CC(=O)O)c(=O)[nH]1)C1CC1. The molecule has 1 aliphatic carbocycles. The van der Waals surface area contributed by atoms with Gasteiger partial charge >= 0.3 is 5.97 Å².